The normalized spacial score (nSPS) is 13.5. The maximum Gasteiger partial charge on any atom is 0.573 e. The van der Waals surface area contributed by atoms with Gasteiger partial charge in [-0.05, 0) is 7.05 Å². The third-order valence-electron chi connectivity index (χ3n) is 2.82. The molecule has 34 heavy (non-hydrogen) atoms. The zero-order valence-corrected chi connectivity index (χ0v) is 15.4. The summed E-state index contributed by atoms with van der Waals surface area (Å²) in [5.41, 5.74) is -1.98. The first-order valence-corrected chi connectivity index (χ1v) is 7.58. The third kappa shape index (κ3) is 9.55. The van der Waals surface area contributed by atoms with Gasteiger partial charge in [0.15, 0.2) is 11.5 Å². The van der Waals surface area contributed by atoms with Crippen LogP contribution in [0, 0.1) is 0 Å². The summed E-state index contributed by atoms with van der Waals surface area (Å²) < 4.78 is 206. The highest BCUT2D eigenvalue weighted by molar-refractivity contribution is 5.70. The molecule has 0 spiro atoms. The summed E-state index contributed by atoms with van der Waals surface area (Å²) in [6.07, 6.45) is -31.1. The van der Waals surface area contributed by atoms with E-state index in [4.69, 9.17) is 0 Å². The fraction of sp³-hybridized carbons (Fsp3) is 0.538. The first-order valence-electron chi connectivity index (χ1n) is 7.58. The molecule has 6 nitrogen and oxygen atoms in total. The molecular weight excluding hydrogens is 535 g/mol. The van der Waals surface area contributed by atoms with E-state index in [1.807, 2.05) is 0 Å². The highest BCUT2D eigenvalue weighted by Crippen LogP contribution is 2.58. The Balaban J connectivity index is 4.32. The van der Waals surface area contributed by atoms with Crippen molar-refractivity contribution in [1.29, 1.82) is 0 Å². The highest BCUT2D eigenvalue weighted by Gasteiger charge is 2.49. The minimum Gasteiger partial charge on any atom is -0.401 e. The fourth-order valence-corrected chi connectivity index (χ4v) is 2.10. The van der Waals surface area contributed by atoms with Crippen LogP contribution in [0.5, 0.6) is 28.7 Å². The average Bonchev–Trinajstić information content (AvgIpc) is 2.52. The van der Waals surface area contributed by atoms with Gasteiger partial charge >= 0.3 is 31.8 Å². The van der Waals surface area contributed by atoms with Crippen LogP contribution in [-0.2, 0) is 6.54 Å². The number of hydrogen-bond donors (Lipinski definition) is 1. The molecule has 0 radical (unpaired) electrons. The lowest BCUT2D eigenvalue weighted by Crippen LogP contribution is -2.28. The lowest BCUT2D eigenvalue weighted by Gasteiger charge is -2.27. The number of benzene rings is 1. The molecule has 1 aromatic carbocycles. The Morgan fingerprint density at radius 2 is 0.647 bits per heavy atom. The summed E-state index contributed by atoms with van der Waals surface area (Å²) in [5, 5.41) is 1.75. The van der Waals surface area contributed by atoms with Crippen LogP contribution in [-0.4, -0.2) is 38.9 Å². The fourth-order valence-electron chi connectivity index (χ4n) is 2.10. The second-order valence-electron chi connectivity index (χ2n) is 5.39. The Morgan fingerprint density at radius 1 is 0.441 bits per heavy atom. The molecule has 0 aliphatic rings. The number of rotatable bonds is 7. The predicted molar refractivity (Wildman–Crippen MR) is 72.6 cm³/mol. The first-order chi connectivity index (χ1) is 14.9. The lowest BCUT2D eigenvalue weighted by molar-refractivity contribution is -0.300. The maximum absolute atomic E-state index is 12.8. The van der Waals surface area contributed by atoms with Crippen molar-refractivity contribution in [3.63, 3.8) is 0 Å². The monoisotopic (exact) mass is 541 g/mol. The molecule has 21 heteroatoms. The SMILES string of the molecule is CNCc1c(OC(F)(F)F)c(OC(F)(F)F)c(OC(F)(F)F)c(OC(F)(F)F)c1OC(F)(F)F. The minimum absolute atomic E-state index is 0.712. The quantitative estimate of drug-likeness (QED) is 0.435. The van der Waals surface area contributed by atoms with Crippen LogP contribution in [0.3, 0.4) is 0 Å². The van der Waals surface area contributed by atoms with E-state index in [0.717, 1.165) is 0 Å². The Kier molecular flexibility index (Phi) is 8.07. The van der Waals surface area contributed by atoms with Gasteiger partial charge in [-0.2, -0.15) is 0 Å². The molecule has 1 N–H and O–H groups in total. The van der Waals surface area contributed by atoms with Crippen LogP contribution in [0.1, 0.15) is 5.56 Å². The molecule has 1 rings (SSSR count). The van der Waals surface area contributed by atoms with Crippen molar-refractivity contribution in [1.82, 2.24) is 5.32 Å². The van der Waals surface area contributed by atoms with Crippen LogP contribution in [0.2, 0.25) is 0 Å². The second-order valence-corrected chi connectivity index (χ2v) is 5.39. The lowest BCUT2D eigenvalue weighted by atomic mass is 10.1. The average molecular weight is 541 g/mol. The van der Waals surface area contributed by atoms with Crippen LogP contribution in [0.25, 0.3) is 0 Å². The van der Waals surface area contributed by atoms with Gasteiger partial charge < -0.3 is 29.0 Å². The molecule has 0 unspecified atom stereocenters. The molecule has 0 aromatic heterocycles. The molecule has 0 heterocycles. The number of alkyl halides is 15. The van der Waals surface area contributed by atoms with Gasteiger partial charge in [0.1, 0.15) is 0 Å². The van der Waals surface area contributed by atoms with Crippen molar-refractivity contribution < 1.29 is 89.5 Å². The number of hydrogen-bond acceptors (Lipinski definition) is 6. The van der Waals surface area contributed by atoms with E-state index in [9.17, 15) is 65.9 Å². The van der Waals surface area contributed by atoms with Crippen molar-refractivity contribution in [2.45, 2.75) is 38.4 Å². The van der Waals surface area contributed by atoms with Gasteiger partial charge in [0, 0.05) is 6.54 Å². The van der Waals surface area contributed by atoms with E-state index >= 15 is 0 Å². The Hall–Kier alpha value is -2.87. The highest BCUT2D eigenvalue weighted by atomic mass is 19.4. The predicted octanol–water partition coefficient (Wildman–Crippen LogP) is 5.90. The van der Waals surface area contributed by atoms with Gasteiger partial charge in [-0.15, -0.1) is 65.9 Å². The van der Waals surface area contributed by atoms with E-state index in [1.54, 1.807) is 5.32 Å². The Bertz CT molecular complexity index is 796. The van der Waals surface area contributed by atoms with Gasteiger partial charge in [0.05, 0.1) is 5.56 Å². The molecule has 0 saturated heterocycles. The van der Waals surface area contributed by atoms with Gasteiger partial charge in [-0.3, -0.25) is 0 Å². The summed E-state index contributed by atoms with van der Waals surface area (Å²) in [6, 6.07) is 0. The largest absolute Gasteiger partial charge is 0.573 e. The third-order valence-corrected chi connectivity index (χ3v) is 2.82. The molecule has 0 amide bonds. The van der Waals surface area contributed by atoms with Gasteiger partial charge in [-0.25, -0.2) is 0 Å². The van der Waals surface area contributed by atoms with Crippen LogP contribution >= 0.6 is 0 Å². The van der Waals surface area contributed by atoms with E-state index in [2.05, 4.69) is 23.7 Å². The van der Waals surface area contributed by atoms with E-state index in [1.165, 1.54) is 0 Å². The van der Waals surface area contributed by atoms with Gasteiger partial charge in [-0.1, -0.05) is 0 Å². The Morgan fingerprint density at radius 3 is 0.853 bits per heavy atom. The maximum atomic E-state index is 12.8. The van der Waals surface area contributed by atoms with Crippen molar-refractivity contribution >= 4 is 0 Å². The summed E-state index contributed by atoms with van der Waals surface area (Å²) >= 11 is 0. The van der Waals surface area contributed by atoms with Crippen LogP contribution < -0.4 is 29.0 Å². The Labute approximate surface area is 176 Å². The molecule has 0 bridgehead atoms. The van der Waals surface area contributed by atoms with E-state index in [0.29, 0.717) is 7.05 Å². The minimum atomic E-state index is -6.32. The number of ether oxygens (including phenoxy) is 5. The van der Waals surface area contributed by atoms with Gasteiger partial charge in [0.25, 0.3) is 0 Å². The topological polar surface area (TPSA) is 58.2 Å². The smallest absolute Gasteiger partial charge is 0.401 e. The summed E-state index contributed by atoms with van der Waals surface area (Å²) in [4.78, 5) is 0. The molecule has 0 atom stereocenters. The second kappa shape index (κ2) is 9.41. The van der Waals surface area contributed by atoms with E-state index < -0.39 is 72.7 Å². The molecule has 0 fully saturated rings. The zero-order valence-electron chi connectivity index (χ0n) is 15.4. The summed E-state index contributed by atoms with van der Waals surface area (Å²) in [6.45, 7) is -1.52. The standard InChI is InChI=1S/C13H6F15NO5/c1-29-2-3-4(30-9(14,15)16)6(32-11(20,21)22)8(34-13(26,27)28)7(33-12(23,24)25)5(3)31-10(17,18)19/h29H,2H2,1H3. The van der Waals surface area contributed by atoms with Crippen molar-refractivity contribution in [2.75, 3.05) is 7.05 Å². The molecule has 1 aromatic rings. The molecule has 0 aliphatic carbocycles. The van der Waals surface area contributed by atoms with Crippen molar-refractivity contribution in [3.8, 4) is 28.7 Å². The van der Waals surface area contributed by atoms with Crippen molar-refractivity contribution in [3.05, 3.63) is 5.56 Å². The zero-order chi connectivity index (χ0) is 26.9. The van der Waals surface area contributed by atoms with E-state index in [-0.39, 0.29) is 0 Å². The molecular formula is C13H6F15NO5. The number of nitrogens with one attached hydrogen (secondary N) is 1. The van der Waals surface area contributed by atoms with Crippen molar-refractivity contribution in [2.24, 2.45) is 0 Å². The molecule has 0 aliphatic heterocycles. The van der Waals surface area contributed by atoms with Crippen LogP contribution in [0.15, 0.2) is 0 Å². The molecule has 198 valence electrons. The number of halogens is 15. The molecule has 0 saturated carbocycles. The van der Waals surface area contributed by atoms with Crippen LogP contribution in [0.4, 0.5) is 65.9 Å². The summed E-state index contributed by atoms with van der Waals surface area (Å²) in [5.74, 6) is -14.2. The first kappa shape index (κ1) is 29.2. The summed E-state index contributed by atoms with van der Waals surface area (Å²) in [7, 11) is 0.712. The van der Waals surface area contributed by atoms with Gasteiger partial charge in [0.2, 0.25) is 17.2 Å².